The third-order valence-corrected chi connectivity index (χ3v) is 7.10. The summed E-state index contributed by atoms with van der Waals surface area (Å²) in [4.78, 5) is 31.1. The predicted octanol–water partition coefficient (Wildman–Crippen LogP) is 3.55. The van der Waals surface area contributed by atoms with Crippen molar-refractivity contribution in [1.82, 2.24) is 29.3 Å². The molecule has 0 spiro atoms. The van der Waals surface area contributed by atoms with E-state index in [0.717, 1.165) is 30.2 Å². The van der Waals surface area contributed by atoms with Crippen LogP contribution in [0.4, 0.5) is 5.69 Å². The predicted molar refractivity (Wildman–Crippen MR) is 132 cm³/mol. The average molecular weight is 476 g/mol. The molecular formula is C25H29N7O3. The first kappa shape index (κ1) is 22.8. The van der Waals surface area contributed by atoms with Crippen LogP contribution in [0.25, 0.3) is 16.6 Å². The normalized spacial score (nSPS) is 20.2. The monoisotopic (exact) mass is 475 g/mol. The van der Waals surface area contributed by atoms with E-state index in [1.165, 1.54) is 0 Å². The molecule has 10 nitrogen and oxygen atoms in total. The standard InChI is InChI=1S/C25H29N7O3/c1-15-10-18(30(3)16(2)33)6-7-22(15)32-14-17-11-19(23(35-4)12-20(17)29-32)25(34)28-21-13-27-31-9-5-8-26-24(21)31/h5,8-9,11-15,18,22H,6-7,10H2,1-4H3,(H,28,34)/t15-,18?,22-/m1/s1. The van der Waals surface area contributed by atoms with Gasteiger partial charge in [0.05, 0.1) is 30.4 Å². The third-order valence-electron chi connectivity index (χ3n) is 7.10. The Balaban J connectivity index is 1.40. The molecule has 0 radical (unpaired) electrons. The number of aromatic nitrogens is 5. The maximum Gasteiger partial charge on any atom is 0.259 e. The first-order chi connectivity index (χ1) is 16.9. The van der Waals surface area contributed by atoms with Crippen molar-refractivity contribution in [3.05, 3.63) is 48.5 Å². The largest absolute Gasteiger partial charge is 0.496 e. The highest BCUT2D eigenvalue weighted by atomic mass is 16.5. The van der Waals surface area contributed by atoms with Crippen LogP contribution in [-0.2, 0) is 4.79 Å². The van der Waals surface area contributed by atoms with E-state index in [4.69, 9.17) is 9.84 Å². The van der Waals surface area contributed by atoms with Gasteiger partial charge in [-0.1, -0.05) is 6.92 Å². The van der Waals surface area contributed by atoms with E-state index < -0.39 is 0 Å². The summed E-state index contributed by atoms with van der Waals surface area (Å²) in [7, 11) is 3.42. The number of amides is 2. The molecule has 0 bridgehead atoms. The second-order valence-electron chi connectivity index (χ2n) is 9.26. The molecule has 1 unspecified atom stereocenters. The molecule has 3 aromatic heterocycles. The Kier molecular flexibility index (Phi) is 5.88. The Morgan fingerprint density at radius 1 is 1.26 bits per heavy atom. The zero-order chi connectivity index (χ0) is 24.7. The van der Waals surface area contributed by atoms with Crippen LogP contribution in [0.2, 0.25) is 0 Å². The molecule has 10 heteroatoms. The number of fused-ring (bicyclic) bond motifs is 2. The van der Waals surface area contributed by atoms with Gasteiger partial charge in [0.15, 0.2) is 5.65 Å². The van der Waals surface area contributed by atoms with Crippen LogP contribution in [0.5, 0.6) is 5.75 Å². The van der Waals surface area contributed by atoms with Crippen molar-refractivity contribution in [2.75, 3.05) is 19.5 Å². The summed E-state index contributed by atoms with van der Waals surface area (Å²) in [5.41, 5.74) is 2.27. The molecule has 3 heterocycles. The molecule has 1 N–H and O–H groups in total. The van der Waals surface area contributed by atoms with Crippen molar-refractivity contribution in [3.8, 4) is 5.75 Å². The molecule has 4 aromatic rings. The minimum atomic E-state index is -0.307. The number of carbonyl (C=O) groups excluding carboxylic acids is 2. The zero-order valence-electron chi connectivity index (χ0n) is 20.3. The van der Waals surface area contributed by atoms with Gasteiger partial charge < -0.3 is 15.0 Å². The van der Waals surface area contributed by atoms with Crippen LogP contribution in [0, 0.1) is 5.92 Å². The molecule has 0 saturated heterocycles. The zero-order valence-corrected chi connectivity index (χ0v) is 20.3. The number of nitrogens with zero attached hydrogens (tertiary/aromatic N) is 6. The topological polar surface area (TPSA) is 107 Å². The number of carbonyl (C=O) groups is 2. The number of anilines is 1. The lowest BCUT2D eigenvalue weighted by Crippen LogP contribution is -2.41. The molecular weight excluding hydrogens is 446 g/mol. The Hall–Kier alpha value is -3.95. The summed E-state index contributed by atoms with van der Waals surface area (Å²) in [6, 6.07) is 5.87. The molecule has 3 atom stereocenters. The fourth-order valence-electron chi connectivity index (χ4n) is 5.05. The fraction of sp³-hybridized carbons (Fsp3) is 0.400. The van der Waals surface area contributed by atoms with E-state index in [1.807, 2.05) is 28.9 Å². The van der Waals surface area contributed by atoms with Gasteiger partial charge in [-0.25, -0.2) is 9.50 Å². The molecule has 1 aliphatic rings. The van der Waals surface area contributed by atoms with Crippen LogP contribution in [0.3, 0.4) is 0 Å². The Morgan fingerprint density at radius 2 is 2.09 bits per heavy atom. The van der Waals surface area contributed by atoms with E-state index >= 15 is 0 Å². The third kappa shape index (κ3) is 4.20. The van der Waals surface area contributed by atoms with Gasteiger partial charge in [-0.15, -0.1) is 0 Å². The van der Waals surface area contributed by atoms with Gasteiger partial charge in [-0.2, -0.15) is 10.2 Å². The number of hydrogen-bond donors (Lipinski definition) is 1. The molecule has 182 valence electrons. The van der Waals surface area contributed by atoms with Gasteiger partial charge in [0.2, 0.25) is 5.91 Å². The summed E-state index contributed by atoms with van der Waals surface area (Å²) in [5, 5.41) is 12.8. The van der Waals surface area contributed by atoms with Crippen LogP contribution in [0.15, 0.2) is 43.0 Å². The lowest BCUT2D eigenvalue weighted by molar-refractivity contribution is -0.130. The average Bonchev–Trinajstić information content (AvgIpc) is 3.46. The lowest BCUT2D eigenvalue weighted by atomic mass is 9.82. The molecule has 0 aliphatic heterocycles. The van der Waals surface area contributed by atoms with Crippen molar-refractivity contribution in [1.29, 1.82) is 0 Å². The van der Waals surface area contributed by atoms with E-state index in [0.29, 0.717) is 28.6 Å². The van der Waals surface area contributed by atoms with Crippen molar-refractivity contribution < 1.29 is 14.3 Å². The highest BCUT2D eigenvalue weighted by molar-refractivity contribution is 6.09. The van der Waals surface area contributed by atoms with Crippen LogP contribution < -0.4 is 10.1 Å². The summed E-state index contributed by atoms with van der Waals surface area (Å²) in [6.07, 6.45) is 9.80. The molecule has 2 amide bonds. The van der Waals surface area contributed by atoms with E-state index in [-0.39, 0.29) is 23.9 Å². The highest BCUT2D eigenvalue weighted by Crippen LogP contribution is 2.37. The van der Waals surface area contributed by atoms with Gasteiger partial charge in [-0.05, 0) is 37.3 Å². The van der Waals surface area contributed by atoms with Gasteiger partial charge in [0.1, 0.15) is 11.4 Å². The van der Waals surface area contributed by atoms with E-state index in [1.54, 1.807) is 49.3 Å². The smallest absolute Gasteiger partial charge is 0.259 e. The lowest BCUT2D eigenvalue weighted by Gasteiger charge is -2.38. The molecule has 5 rings (SSSR count). The molecule has 1 aliphatic carbocycles. The molecule has 1 aromatic carbocycles. The van der Waals surface area contributed by atoms with Gasteiger partial charge in [0.25, 0.3) is 5.91 Å². The Labute approximate surface area is 202 Å². The van der Waals surface area contributed by atoms with E-state index in [9.17, 15) is 9.59 Å². The summed E-state index contributed by atoms with van der Waals surface area (Å²) in [5.74, 6) is 0.601. The number of nitrogens with one attached hydrogen (secondary N) is 1. The summed E-state index contributed by atoms with van der Waals surface area (Å²) < 4.78 is 9.15. The Bertz CT molecular complexity index is 1410. The minimum absolute atomic E-state index is 0.100. The number of methoxy groups -OCH3 is 1. The highest BCUT2D eigenvalue weighted by Gasteiger charge is 2.32. The second kappa shape index (κ2) is 9.01. The van der Waals surface area contributed by atoms with Gasteiger partial charge in [0, 0.05) is 50.1 Å². The SMILES string of the molecule is COc1cc2nn([C@@H]3CCC(N(C)C(C)=O)C[C@H]3C)cc2cc1C(=O)Nc1cnn2cccnc12. The van der Waals surface area contributed by atoms with Crippen molar-refractivity contribution in [2.45, 2.75) is 45.2 Å². The molecule has 1 fully saturated rings. The van der Waals surface area contributed by atoms with Crippen molar-refractivity contribution >= 4 is 34.1 Å². The first-order valence-electron chi connectivity index (χ1n) is 11.8. The first-order valence-corrected chi connectivity index (χ1v) is 11.8. The Morgan fingerprint density at radius 3 is 2.83 bits per heavy atom. The number of benzene rings is 1. The number of hydrogen-bond acceptors (Lipinski definition) is 6. The van der Waals surface area contributed by atoms with Gasteiger partial charge in [-0.3, -0.25) is 14.3 Å². The minimum Gasteiger partial charge on any atom is -0.496 e. The fourth-order valence-corrected chi connectivity index (χ4v) is 5.05. The van der Waals surface area contributed by atoms with Crippen molar-refractivity contribution in [2.24, 2.45) is 5.92 Å². The second-order valence-corrected chi connectivity index (χ2v) is 9.26. The summed E-state index contributed by atoms with van der Waals surface area (Å²) in [6.45, 7) is 3.82. The number of rotatable bonds is 5. The van der Waals surface area contributed by atoms with Crippen molar-refractivity contribution in [3.63, 3.8) is 0 Å². The van der Waals surface area contributed by atoms with E-state index in [2.05, 4.69) is 22.3 Å². The van der Waals surface area contributed by atoms with Crippen LogP contribution in [0.1, 0.15) is 49.5 Å². The maximum atomic E-state index is 13.2. The van der Waals surface area contributed by atoms with Crippen LogP contribution >= 0.6 is 0 Å². The quantitative estimate of drug-likeness (QED) is 0.473. The maximum absolute atomic E-state index is 13.2. The molecule has 35 heavy (non-hydrogen) atoms. The number of ether oxygens (including phenoxy) is 1. The van der Waals surface area contributed by atoms with Gasteiger partial charge >= 0.3 is 0 Å². The van der Waals surface area contributed by atoms with Crippen LogP contribution in [-0.4, -0.2) is 61.3 Å². The molecule has 1 saturated carbocycles. The summed E-state index contributed by atoms with van der Waals surface area (Å²) >= 11 is 0.